The molecule has 3 aromatic carbocycles. The van der Waals surface area contributed by atoms with Crippen molar-refractivity contribution in [1.29, 1.82) is 0 Å². The molecule has 4 rings (SSSR count). The lowest BCUT2D eigenvalue weighted by Crippen LogP contribution is -2.42. The third-order valence-corrected chi connectivity index (χ3v) is 8.29. The van der Waals surface area contributed by atoms with Gasteiger partial charge in [0.1, 0.15) is 23.2 Å². The highest BCUT2D eigenvalue weighted by Gasteiger charge is 2.27. The highest BCUT2D eigenvalue weighted by Crippen LogP contribution is 2.33. The van der Waals surface area contributed by atoms with Gasteiger partial charge in [-0.15, -0.1) is 0 Å². The molecule has 3 aromatic rings. The molecule has 0 spiro atoms. The van der Waals surface area contributed by atoms with Crippen molar-refractivity contribution in [3.63, 3.8) is 0 Å². The van der Waals surface area contributed by atoms with Crippen molar-refractivity contribution in [3.8, 4) is 22.6 Å². The lowest BCUT2D eigenvalue weighted by molar-refractivity contribution is -0.132. The molecule has 0 aromatic heterocycles. The van der Waals surface area contributed by atoms with Gasteiger partial charge in [0.25, 0.3) is 5.91 Å². The molecule has 1 fully saturated rings. The van der Waals surface area contributed by atoms with E-state index in [-0.39, 0.29) is 41.0 Å². The maximum Gasteiger partial charge on any atom is 0.411 e. The van der Waals surface area contributed by atoms with Crippen LogP contribution < -0.4 is 20.1 Å². The molecule has 1 aliphatic rings. The number of hydrogen-bond acceptors (Lipinski definition) is 8. The topological polar surface area (TPSA) is 133 Å². The number of benzene rings is 3. The van der Waals surface area contributed by atoms with Crippen LogP contribution in [0.2, 0.25) is 5.02 Å². The molecule has 0 saturated heterocycles. The van der Waals surface area contributed by atoms with Crippen LogP contribution in [0.5, 0.6) is 11.5 Å². The minimum absolute atomic E-state index is 0.0352. The fourth-order valence-corrected chi connectivity index (χ4v) is 5.64. The number of rotatable bonds is 12. The maximum absolute atomic E-state index is 13.1. The zero-order chi connectivity index (χ0) is 35.6. The Morgan fingerprint density at radius 2 is 1.67 bits per heavy atom. The average molecular weight is 694 g/mol. The van der Waals surface area contributed by atoms with Gasteiger partial charge in [-0.05, 0) is 76.1 Å². The summed E-state index contributed by atoms with van der Waals surface area (Å²) in [5.74, 6) is 0.256. The Labute approximate surface area is 292 Å². The minimum atomic E-state index is -0.571. The zero-order valence-corrected chi connectivity index (χ0v) is 29.3. The van der Waals surface area contributed by atoms with Crippen molar-refractivity contribution in [2.75, 3.05) is 32.6 Å². The first-order valence-electron chi connectivity index (χ1n) is 16.2. The number of carbonyl (C=O) groups excluding carboxylic acids is 4. The second-order valence-electron chi connectivity index (χ2n) is 12.9. The lowest BCUT2D eigenvalue weighted by atomic mass is 9.93. The quantitative estimate of drug-likeness (QED) is 0.189. The highest BCUT2D eigenvalue weighted by atomic mass is 35.5. The van der Waals surface area contributed by atoms with E-state index in [1.165, 1.54) is 19.2 Å². The van der Waals surface area contributed by atoms with Crippen LogP contribution in [0.4, 0.5) is 15.3 Å². The molecule has 1 saturated carbocycles. The number of ether oxygens (including phenoxy) is 4. The third kappa shape index (κ3) is 11.1. The van der Waals surface area contributed by atoms with Crippen LogP contribution in [0.25, 0.3) is 11.1 Å². The van der Waals surface area contributed by atoms with E-state index in [1.54, 1.807) is 11.9 Å². The number of nitrogens with zero attached hydrogens (tertiary/aromatic N) is 1. The number of hydrogen-bond donors (Lipinski definition) is 2. The van der Waals surface area contributed by atoms with Crippen LogP contribution in [0.15, 0.2) is 60.7 Å². The van der Waals surface area contributed by atoms with Gasteiger partial charge in [-0.1, -0.05) is 54.1 Å². The number of alkyl carbamates (subject to hydrolysis) is 1. The predicted octanol–water partition coefficient (Wildman–Crippen LogP) is 7.29. The number of nitrogens with one attached hydrogen (secondary N) is 2. The molecular formula is C37H44ClN3O8. The van der Waals surface area contributed by atoms with Crippen molar-refractivity contribution in [3.05, 3.63) is 76.8 Å². The number of methoxy groups -OCH3 is 1. The van der Waals surface area contributed by atoms with Crippen LogP contribution >= 0.6 is 11.6 Å². The number of carbonyl (C=O) groups is 4. The molecule has 262 valence electrons. The summed E-state index contributed by atoms with van der Waals surface area (Å²) in [5.41, 5.74) is 2.96. The van der Waals surface area contributed by atoms with Crippen molar-refractivity contribution in [1.82, 2.24) is 10.2 Å². The van der Waals surface area contributed by atoms with Gasteiger partial charge in [-0.3, -0.25) is 14.9 Å². The van der Waals surface area contributed by atoms with Gasteiger partial charge in [0.05, 0.1) is 23.4 Å². The number of aldehydes is 1. The summed E-state index contributed by atoms with van der Waals surface area (Å²) in [6.07, 6.45) is 2.45. The van der Waals surface area contributed by atoms with E-state index in [0.29, 0.717) is 56.4 Å². The van der Waals surface area contributed by atoms with Gasteiger partial charge < -0.3 is 29.2 Å². The lowest BCUT2D eigenvalue weighted by Gasteiger charge is -2.30. The van der Waals surface area contributed by atoms with Crippen molar-refractivity contribution < 1.29 is 38.1 Å². The van der Waals surface area contributed by atoms with Gasteiger partial charge in [0.15, 0.2) is 12.9 Å². The van der Waals surface area contributed by atoms with Crippen LogP contribution in [0, 0.1) is 0 Å². The molecule has 0 atom stereocenters. The molecule has 3 amide bonds. The number of halogens is 1. The number of anilines is 1. The van der Waals surface area contributed by atoms with E-state index in [1.807, 2.05) is 69.3 Å². The van der Waals surface area contributed by atoms with Crippen LogP contribution in [-0.2, 0) is 20.7 Å². The Balaban J connectivity index is 1.34. The van der Waals surface area contributed by atoms with E-state index >= 15 is 0 Å². The van der Waals surface area contributed by atoms with E-state index in [9.17, 15) is 19.2 Å². The summed E-state index contributed by atoms with van der Waals surface area (Å²) >= 11 is 6.22. The Bertz CT molecular complexity index is 1620. The van der Waals surface area contributed by atoms with E-state index in [0.717, 1.165) is 16.7 Å². The second kappa shape index (κ2) is 17.1. The summed E-state index contributed by atoms with van der Waals surface area (Å²) in [6, 6.07) is 18.4. The van der Waals surface area contributed by atoms with E-state index < -0.39 is 17.8 Å². The molecule has 0 aliphatic heterocycles. The molecule has 0 unspecified atom stereocenters. The van der Waals surface area contributed by atoms with Crippen LogP contribution in [-0.4, -0.2) is 74.3 Å². The summed E-state index contributed by atoms with van der Waals surface area (Å²) < 4.78 is 22.0. The van der Waals surface area contributed by atoms with Gasteiger partial charge >= 0.3 is 12.2 Å². The summed E-state index contributed by atoms with van der Waals surface area (Å²) in [5, 5.41) is 6.04. The highest BCUT2D eigenvalue weighted by molar-refractivity contribution is 6.32. The first kappa shape index (κ1) is 37.1. The summed E-state index contributed by atoms with van der Waals surface area (Å²) in [6.45, 7) is 5.59. The smallest absolute Gasteiger partial charge is 0.411 e. The van der Waals surface area contributed by atoms with Crippen molar-refractivity contribution in [2.24, 2.45) is 0 Å². The normalized spacial score (nSPS) is 15.8. The monoisotopic (exact) mass is 693 g/mol. The van der Waals surface area contributed by atoms with Crippen molar-refractivity contribution >= 4 is 41.7 Å². The maximum atomic E-state index is 13.1. The molecule has 0 radical (unpaired) electrons. The van der Waals surface area contributed by atoms with Gasteiger partial charge in [-0.25, -0.2) is 9.59 Å². The predicted molar refractivity (Wildman–Crippen MR) is 188 cm³/mol. The molecule has 1 aliphatic carbocycles. The fraction of sp³-hybridized carbons (Fsp3) is 0.405. The van der Waals surface area contributed by atoms with Crippen molar-refractivity contribution in [2.45, 2.75) is 70.6 Å². The first-order valence-corrected chi connectivity index (χ1v) is 16.6. The Morgan fingerprint density at radius 1 is 0.959 bits per heavy atom. The molecule has 0 heterocycles. The molecular weight excluding hydrogens is 650 g/mol. The minimum Gasteiger partial charge on any atom is -0.496 e. The van der Waals surface area contributed by atoms with Gasteiger partial charge in [0, 0.05) is 31.3 Å². The zero-order valence-electron chi connectivity index (χ0n) is 28.5. The summed E-state index contributed by atoms with van der Waals surface area (Å²) in [7, 11) is 3.10. The van der Waals surface area contributed by atoms with Gasteiger partial charge in [0.2, 0.25) is 0 Å². The standard InChI is InChI=1S/C37H44ClN3O8/c1-37(2,3)49-36(45)39-27-12-14-28(15-13-27)48-35(44)40-31-19-24(11-16-29(31)25-9-7-6-8-10-25)17-18-41(4)34(43)23-47-33-21-32(46-5)26(22-42)20-30(33)38/h6-11,16,19-22,27-28H,12-15,17-18,23H2,1-5H3,(H,39,45)(H,40,44). The third-order valence-electron chi connectivity index (χ3n) is 8.00. The Morgan fingerprint density at radius 3 is 2.33 bits per heavy atom. The second-order valence-corrected chi connectivity index (χ2v) is 13.3. The first-order chi connectivity index (χ1) is 23.3. The summed E-state index contributed by atoms with van der Waals surface area (Å²) in [4.78, 5) is 50.9. The van der Waals surface area contributed by atoms with Gasteiger partial charge in [-0.2, -0.15) is 0 Å². The largest absolute Gasteiger partial charge is 0.496 e. The van der Waals surface area contributed by atoms with E-state index in [2.05, 4.69) is 10.6 Å². The van der Waals surface area contributed by atoms with Crippen LogP contribution in [0.3, 0.4) is 0 Å². The molecule has 12 heteroatoms. The molecule has 0 bridgehead atoms. The molecule has 49 heavy (non-hydrogen) atoms. The Hall–Kier alpha value is -4.77. The average Bonchev–Trinajstić information content (AvgIpc) is 3.06. The molecule has 11 nitrogen and oxygen atoms in total. The van der Waals surface area contributed by atoms with Crippen LogP contribution in [0.1, 0.15) is 62.4 Å². The number of likely N-dealkylation sites (N-methyl/N-ethyl adjacent to an activating group) is 1. The fourth-order valence-electron chi connectivity index (χ4n) is 5.41. The molecule has 2 N–H and O–H groups in total. The number of amides is 3. The SMILES string of the molecule is COc1cc(OCC(=O)N(C)CCc2ccc(-c3ccccc3)c(NC(=O)OC3CCC(NC(=O)OC(C)(C)C)CC3)c2)c(Cl)cc1C=O. The Kier molecular flexibility index (Phi) is 12.9. The van der Waals surface area contributed by atoms with E-state index in [4.69, 9.17) is 30.5 Å².